The number of likely N-dealkylation sites (tertiary alicyclic amines) is 1. The average molecular weight is 242 g/mol. The third kappa shape index (κ3) is 3.91. The van der Waals surface area contributed by atoms with E-state index in [2.05, 4.69) is 5.32 Å². The maximum Gasteiger partial charge on any atom is 0.317 e. The van der Waals surface area contributed by atoms with Gasteiger partial charge in [0.25, 0.3) is 0 Å². The Labute approximate surface area is 102 Å². The van der Waals surface area contributed by atoms with Crippen molar-refractivity contribution in [2.45, 2.75) is 39.7 Å². The molecule has 0 radical (unpaired) electrons. The van der Waals surface area contributed by atoms with Crippen LogP contribution in [0.4, 0.5) is 4.79 Å². The van der Waals surface area contributed by atoms with Crippen LogP contribution in [0.2, 0.25) is 0 Å². The van der Waals surface area contributed by atoms with Gasteiger partial charge < -0.3 is 15.3 Å². The molecule has 1 rings (SSSR count). The highest BCUT2D eigenvalue weighted by Crippen LogP contribution is 2.16. The number of hydrogen-bond donors (Lipinski definition) is 2. The number of nitrogens with zero attached hydrogens (tertiary/aromatic N) is 1. The van der Waals surface area contributed by atoms with Crippen LogP contribution in [0.5, 0.6) is 0 Å². The second-order valence-electron chi connectivity index (χ2n) is 5.11. The Balaban J connectivity index is 2.49. The summed E-state index contributed by atoms with van der Waals surface area (Å²) in [5.74, 6) is -0.845. The van der Waals surface area contributed by atoms with Crippen LogP contribution in [0.15, 0.2) is 0 Å². The van der Waals surface area contributed by atoms with Gasteiger partial charge in [-0.3, -0.25) is 4.79 Å². The number of carboxylic acids is 1. The number of rotatable bonds is 3. The van der Waals surface area contributed by atoms with Crippen molar-refractivity contribution < 1.29 is 14.7 Å². The lowest BCUT2D eigenvalue weighted by molar-refractivity contribution is -0.143. The number of amides is 2. The van der Waals surface area contributed by atoms with Gasteiger partial charge in [0.05, 0.1) is 5.92 Å². The van der Waals surface area contributed by atoms with Crippen LogP contribution >= 0.6 is 0 Å². The van der Waals surface area contributed by atoms with Crippen molar-refractivity contribution in [3.63, 3.8) is 0 Å². The molecule has 17 heavy (non-hydrogen) atoms. The van der Waals surface area contributed by atoms with Crippen LogP contribution < -0.4 is 5.32 Å². The van der Waals surface area contributed by atoms with Crippen molar-refractivity contribution in [3.8, 4) is 0 Å². The van der Waals surface area contributed by atoms with Crippen molar-refractivity contribution in [1.82, 2.24) is 10.2 Å². The molecule has 0 aromatic heterocycles. The Morgan fingerprint density at radius 1 is 1.35 bits per heavy atom. The van der Waals surface area contributed by atoms with Crippen LogP contribution in [0, 0.1) is 11.8 Å². The van der Waals surface area contributed by atoms with Gasteiger partial charge >= 0.3 is 12.0 Å². The molecule has 1 unspecified atom stereocenters. The molecule has 0 aromatic rings. The number of aliphatic carboxylic acids is 1. The summed E-state index contributed by atoms with van der Waals surface area (Å²) in [5.41, 5.74) is 0. The minimum atomic E-state index is -0.806. The first-order valence-electron chi connectivity index (χ1n) is 6.20. The zero-order valence-electron chi connectivity index (χ0n) is 10.8. The van der Waals surface area contributed by atoms with E-state index in [0.29, 0.717) is 25.4 Å². The summed E-state index contributed by atoms with van der Waals surface area (Å²) in [6.07, 6.45) is 1.43. The van der Waals surface area contributed by atoms with E-state index < -0.39 is 11.9 Å². The normalized spacial score (nSPS) is 22.4. The Hall–Kier alpha value is -1.26. The Kier molecular flexibility index (Phi) is 4.78. The Morgan fingerprint density at radius 2 is 2.00 bits per heavy atom. The molecule has 0 bridgehead atoms. The number of carbonyl (C=O) groups is 2. The largest absolute Gasteiger partial charge is 0.481 e. The fourth-order valence-electron chi connectivity index (χ4n) is 1.82. The molecular formula is C12H22N2O3. The topological polar surface area (TPSA) is 69.6 Å². The molecule has 2 amide bonds. The summed E-state index contributed by atoms with van der Waals surface area (Å²) in [4.78, 5) is 24.4. The summed E-state index contributed by atoms with van der Waals surface area (Å²) in [6, 6.07) is -0.0372. The molecule has 1 aliphatic heterocycles. The maximum atomic E-state index is 11.9. The molecular weight excluding hydrogens is 220 g/mol. The highest BCUT2D eigenvalue weighted by Gasteiger charge is 2.28. The Morgan fingerprint density at radius 3 is 2.53 bits per heavy atom. The number of carbonyl (C=O) groups excluding carboxylic acids is 1. The van der Waals surface area contributed by atoms with Gasteiger partial charge in [-0.2, -0.15) is 0 Å². The molecule has 0 aliphatic carbocycles. The van der Waals surface area contributed by atoms with Gasteiger partial charge in [0.15, 0.2) is 0 Å². The molecule has 5 heteroatoms. The summed E-state index contributed by atoms with van der Waals surface area (Å²) in [5, 5.41) is 11.9. The number of nitrogens with one attached hydrogen (secondary N) is 1. The van der Waals surface area contributed by atoms with Crippen LogP contribution in [-0.4, -0.2) is 41.1 Å². The molecule has 1 heterocycles. The van der Waals surface area contributed by atoms with E-state index in [4.69, 9.17) is 5.11 Å². The van der Waals surface area contributed by atoms with Crippen LogP contribution in [0.3, 0.4) is 0 Å². The first-order valence-corrected chi connectivity index (χ1v) is 6.20. The van der Waals surface area contributed by atoms with E-state index in [9.17, 15) is 9.59 Å². The highest BCUT2D eigenvalue weighted by atomic mass is 16.4. The summed E-state index contributed by atoms with van der Waals surface area (Å²) in [7, 11) is 0. The average Bonchev–Trinajstić information content (AvgIpc) is 2.28. The van der Waals surface area contributed by atoms with Crippen LogP contribution in [0.25, 0.3) is 0 Å². The fourth-order valence-corrected chi connectivity index (χ4v) is 1.82. The highest BCUT2D eigenvalue weighted by molar-refractivity contribution is 5.76. The van der Waals surface area contributed by atoms with Crippen molar-refractivity contribution in [3.05, 3.63) is 0 Å². The van der Waals surface area contributed by atoms with Crippen molar-refractivity contribution in [2.24, 2.45) is 11.8 Å². The summed E-state index contributed by atoms with van der Waals surface area (Å²) < 4.78 is 0. The van der Waals surface area contributed by atoms with Crippen molar-refractivity contribution >= 4 is 12.0 Å². The van der Waals surface area contributed by atoms with Gasteiger partial charge in [0, 0.05) is 19.1 Å². The quantitative estimate of drug-likeness (QED) is 0.788. The SMILES string of the molecule is CC(C)C(C)NC(=O)N1CCC[C@H](C(=O)O)C1. The van der Waals surface area contributed by atoms with E-state index in [1.165, 1.54) is 0 Å². The molecule has 0 spiro atoms. The van der Waals surface area contributed by atoms with E-state index in [-0.39, 0.29) is 12.1 Å². The molecule has 0 saturated carbocycles. The number of piperidine rings is 1. The van der Waals surface area contributed by atoms with Gasteiger partial charge in [-0.1, -0.05) is 13.8 Å². The lowest BCUT2D eigenvalue weighted by Crippen LogP contribution is -2.50. The molecule has 5 nitrogen and oxygen atoms in total. The van der Waals surface area contributed by atoms with E-state index in [1.807, 2.05) is 20.8 Å². The second-order valence-corrected chi connectivity index (χ2v) is 5.11. The zero-order valence-corrected chi connectivity index (χ0v) is 10.8. The van der Waals surface area contributed by atoms with Gasteiger partial charge in [0.1, 0.15) is 0 Å². The number of carboxylic acid groups (broad SMARTS) is 1. The summed E-state index contributed by atoms with van der Waals surface area (Å²) in [6.45, 7) is 7.02. The second kappa shape index (κ2) is 5.89. The predicted molar refractivity (Wildman–Crippen MR) is 64.8 cm³/mol. The van der Waals surface area contributed by atoms with E-state index in [1.54, 1.807) is 4.90 Å². The predicted octanol–water partition coefficient (Wildman–Crippen LogP) is 1.54. The van der Waals surface area contributed by atoms with E-state index >= 15 is 0 Å². The monoisotopic (exact) mass is 242 g/mol. The van der Waals surface area contributed by atoms with Gasteiger partial charge in [-0.05, 0) is 25.7 Å². The number of hydrogen-bond acceptors (Lipinski definition) is 2. The van der Waals surface area contributed by atoms with Crippen molar-refractivity contribution in [1.29, 1.82) is 0 Å². The molecule has 1 fully saturated rings. The smallest absolute Gasteiger partial charge is 0.317 e. The molecule has 1 aliphatic rings. The maximum absolute atomic E-state index is 11.9. The number of urea groups is 1. The zero-order chi connectivity index (χ0) is 13.0. The third-order valence-electron chi connectivity index (χ3n) is 3.41. The lowest BCUT2D eigenvalue weighted by atomic mass is 9.98. The molecule has 98 valence electrons. The van der Waals surface area contributed by atoms with Gasteiger partial charge in [0.2, 0.25) is 0 Å². The van der Waals surface area contributed by atoms with Crippen molar-refractivity contribution in [2.75, 3.05) is 13.1 Å². The van der Waals surface area contributed by atoms with E-state index in [0.717, 1.165) is 6.42 Å². The summed E-state index contributed by atoms with van der Waals surface area (Å²) >= 11 is 0. The molecule has 2 atom stereocenters. The fraction of sp³-hybridized carbons (Fsp3) is 0.833. The van der Waals surface area contributed by atoms with Gasteiger partial charge in [-0.15, -0.1) is 0 Å². The minimum absolute atomic E-state index is 0.104. The van der Waals surface area contributed by atoms with Crippen LogP contribution in [-0.2, 0) is 4.79 Å². The standard InChI is InChI=1S/C12H22N2O3/c1-8(2)9(3)13-12(17)14-6-4-5-10(7-14)11(15)16/h8-10H,4-7H2,1-3H3,(H,13,17)(H,15,16)/t9?,10-/m0/s1. The third-order valence-corrected chi connectivity index (χ3v) is 3.41. The van der Waals surface area contributed by atoms with Crippen LogP contribution in [0.1, 0.15) is 33.6 Å². The lowest BCUT2D eigenvalue weighted by Gasteiger charge is -2.32. The molecule has 1 saturated heterocycles. The molecule has 2 N–H and O–H groups in total. The van der Waals surface area contributed by atoms with Gasteiger partial charge in [-0.25, -0.2) is 4.79 Å². The molecule has 0 aromatic carbocycles. The first kappa shape index (κ1) is 13.8. The minimum Gasteiger partial charge on any atom is -0.481 e. The Bertz CT molecular complexity index is 291. The first-order chi connectivity index (χ1) is 7.91.